The zero-order valence-electron chi connectivity index (χ0n) is 16.7. The van der Waals surface area contributed by atoms with Crippen LogP contribution in [0.5, 0.6) is 11.5 Å². The SMILES string of the molecule is Cn1c(SCC(=O)c2ccc3c(c2)OCCO3)nc2scc(-c3ccccc3)c2c1=O. The van der Waals surface area contributed by atoms with Crippen LogP contribution in [-0.2, 0) is 7.05 Å². The molecule has 0 atom stereocenters. The van der Waals surface area contributed by atoms with Gasteiger partial charge in [-0.3, -0.25) is 14.2 Å². The maximum Gasteiger partial charge on any atom is 0.263 e. The standard InChI is InChI=1S/C23H18N2O4S2/c1-25-22(27)20-16(14-5-3-2-4-6-14)12-30-21(20)24-23(25)31-13-17(26)15-7-8-18-19(11-15)29-10-9-28-18/h2-8,11-12H,9-10,13H2,1H3. The first-order valence-electron chi connectivity index (χ1n) is 9.71. The summed E-state index contributed by atoms with van der Waals surface area (Å²) >= 11 is 2.70. The monoisotopic (exact) mass is 450 g/mol. The molecule has 6 nitrogen and oxygen atoms in total. The number of carbonyl (C=O) groups is 1. The van der Waals surface area contributed by atoms with Crippen LogP contribution in [-0.4, -0.2) is 34.3 Å². The molecule has 0 N–H and O–H groups in total. The molecule has 4 aromatic rings. The molecular weight excluding hydrogens is 432 g/mol. The Balaban J connectivity index is 1.40. The first-order valence-corrected chi connectivity index (χ1v) is 11.6. The highest BCUT2D eigenvalue weighted by Crippen LogP contribution is 2.33. The van der Waals surface area contributed by atoms with Gasteiger partial charge in [0.25, 0.3) is 5.56 Å². The number of thiophene rings is 1. The second kappa shape index (κ2) is 8.20. The summed E-state index contributed by atoms with van der Waals surface area (Å²) in [5.74, 6) is 1.34. The Bertz CT molecular complexity index is 1350. The minimum absolute atomic E-state index is 0.0625. The van der Waals surface area contributed by atoms with Crippen molar-refractivity contribution >= 4 is 39.1 Å². The fraction of sp³-hybridized carbons (Fsp3) is 0.174. The third-order valence-electron chi connectivity index (χ3n) is 5.06. The number of benzene rings is 2. The van der Waals surface area contributed by atoms with Crippen molar-refractivity contribution < 1.29 is 14.3 Å². The number of thioether (sulfide) groups is 1. The fourth-order valence-corrected chi connectivity index (χ4v) is 5.30. The van der Waals surface area contributed by atoms with Crippen molar-refractivity contribution in [1.29, 1.82) is 0 Å². The van der Waals surface area contributed by atoms with E-state index in [1.165, 1.54) is 27.7 Å². The van der Waals surface area contributed by atoms with Crippen molar-refractivity contribution in [1.82, 2.24) is 9.55 Å². The molecule has 0 bridgehead atoms. The predicted molar refractivity (Wildman–Crippen MR) is 123 cm³/mol. The molecule has 1 aliphatic heterocycles. The lowest BCUT2D eigenvalue weighted by Gasteiger charge is -2.18. The molecule has 5 rings (SSSR count). The number of fused-ring (bicyclic) bond motifs is 2. The highest BCUT2D eigenvalue weighted by Gasteiger charge is 2.18. The third kappa shape index (κ3) is 3.73. The van der Waals surface area contributed by atoms with E-state index in [9.17, 15) is 9.59 Å². The van der Waals surface area contributed by atoms with Crippen LogP contribution in [0.15, 0.2) is 63.9 Å². The van der Waals surface area contributed by atoms with Crippen LogP contribution in [0.25, 0.3) is 21.3 Å². The van der Waals surface area contributed by atoms with Crippen LogP contribution in [0.2, 0.25) is 0 Å². The number of ether oxygens (including phenoxy) is 2. The number of hydrogen-bond donors (Lipinski definition) is 0. The van der Waals surface area contributed by atoms with Gasteiger partial charge in [0.1, 0.15) is 18.0 Å². The van der Waals surface area contributed by atoms with Gasteiger partial charge in [0.15, 0.2) is 22.4 Å². The van der Waals surface area contributed by atoms with Crippen LogP contribution >= 0.6 is 23.1 Å². The number of hydrogen-bond acceptors (Lipinski definition) is 7. The van der Waals surface area contributed by atoms with E-state index in [4.69, 9.17) is 9.47 Å². The summed E-state index contributed by atoms with van der Waals surface area (Å²) in [6.45, 7) is 0.976. The largest absolute Gasteiger partial charge is 0.486 e. The molecule has 0 radical (unpaired) electrons. The molecule has 0 fully saturated rings. The van der Waals surface area contributed by atoms with E-state index in [0.29, 0.717) is 45.6 Å². The summed E-state index contributed by atoms with van der Waals surface area (Å²) in [5, 5.41) is 3.09. The number of carbonyl (C=O) groups excluding carboxylic acids is 1. The van der Waals surface area contributed by atoms with E-state index in [2.05, 4.69) is 4.98 Å². The van der Waals surface area contributed by atoms with Crippen molar-refractivity contribution in [2.24, 2.45) is 7.05 Å². The Hall–Kier alpha value is -3.10. The Morgan fingerprint density at radius 3 is 2.71 bits per heavy atom. The van der Waals surface area contributed by atoms with Crippen LogP contribution < -0.4 is 15.0 Å². The summed E-state index contributed by atoms with van der Waals surface area (Å²) < 4.78 is 12.6. The second-order valence-electron chi connectivity index (χ2n) is 7.02. The van der Waals surface area contributed by atoms with Gasteiger partial charge in [-0.2, -0.15) is 0 Å². The molecule has 8 heteroatoms. The van der Waals surface area contributed by atoms with Gasteiger partial charge in [-0.15, -0.1) is 11.3 Å². The summed E-state index contributed by atoms with van der Waals surface area (Å²) in [6, 6.07) is 15.0. The van der Waals surface area contributed by atoms with Crippen molar-refractivity contribution in [2.75, 3.05) is 19.0 Å². The molecule has 0 unspecified atom stereocenters. The molecule has 2 aromatic heterocycles. The summed E-state index contributed by atoms with van der Waals surface area (Å²) in [4.78, 5) is 31.1. The molecule has 0 saturated carbocycles. The molecule has 156 valence electrons. The van der Waals surface area contributed by atoms with Gasteiger partial charge in [0.2, 0.25) is 0 Å². The van der Waals surface area contributed by atoms with Gasteiger partial charge in [0.05, 0.1) is 11.1 Å². The quantitative estimate of drug-likeness (QED) is 0.255. The van der Waals surface area contributed by atoms with E-state index >= 15 is 0 Å². The van der Waals surface area contributed by atoms with E-state index in [-0.39, 0.29) is 17.1 Å². The lowest BCUT2D eigenvalue weighted by Crippen LogP contribution is -2.20. The molecule has 0 spiro atoms. The smallest absolute Gasteiger partial charge is 0.263 e. The average molecular weight is 451 g/mol. The maximum atomic E-state index is 13.1. The van der Waals surface area contributed by atoms with Crippen molar-refractivity contribution in [2.45, 2.75) is 5.16 Å². The number of aromatic nitrogens is 2. The molecule has 1 aliphatic rings. The molecule has 3 heterocycles. The fourth-order valence-electron chi connectivity index (χ4n) is 3.44. The van der Waals surface area contributed by atoms with Gasteiger partial charge in [-0.05, 0) is 23.8 Å². The molecule has 2 aromatic carbocycles. The van der Waals surface area contributed by atoms with Crippen LogP contribution in [0, 0.1) is 0 Å². The van der Waals surface area contributed by atoms with Gasteiger partial charge in [0, 0.05) is 23.6 Å². The van der Waals surface area contributed by atoms with Crippen LogP contribution in [0.1, 0.15) is 10.4 Å². The Kier molecular flexibility index (Phi) is 5.25. The minimum atomic E-state index is -0.112. The molecule has 31 heavy (non-hydrogen) atoms. The Morgan fingerprint density at radius 2 is 1.90 bits per heavy atom. The lowest BCUT2D eigenvalue weighted by atomic mass is 10.1. The summed E-state index contributed by atoms with van der Waals surface area (Å²) in [7, 11) is 1.69. The zero-order valence-corrected chi connectivity index (χ0v) is 18.3. The van der Waals surface area contributed by atoms with E-state index in [1.807, 2.05) is 35.7 Å². The van der Waals surface area contributed by atoms with E-state index in [0.717, 1.165) is 11.1 Å². The van der Waals surface area contributed by atoms with Crippen molar-refractivity contribution in [3.8, 4) is 22.6 Å². The van der Waals surface area contributed by atoms with E-state index < -0.39 is 0 Å². The highest BCUT2D eigenvalue weighted by molar-refractivity contribution is 7.99. The first-order chi connectivity index (χ1) is 15.1. The van der Waals surface area contributed by atoms with Gasteiger partial charge < -0.3 is 9.47 Å². The van der Waals surface area contributed by atoms with Gasteiger partial charge in [-0.25, -0.2) is 4.98 Å². The molecular formula is C23H18N2O4S2. The van der Waals surface area contributed by atoms with Gasteiger partial charge in [-0.1, -0.05) is 42.1 Å². The van der Waals surface area contributed by atoms with Crippen molar-refractivity contribution in [3.05, 3.63) is 69.8 Å². The third-order valence-corrected chi connectivity index (χ3v) is 6.96. The van der Waals surface area contributed by atoms with Gasteiger partial charge >= 0.3 is 0 Å². The van der Waals surface area contributed by atoms with E-state index in [1.54, 1.807) is 25.2 Å². The zero-order chi connectivity index (χ0) is 21.4. The molecule has 0 aliphatic carbocycles. The van der Waals surface area contributed by atoms with Crippen LogP contribution in [0.3, 0.4) is 0 Å². The topological polar surface area (TPSA) is 70.4 Å². The number of nitrogens with zero attached hydrogens (tertiary/aromatic N) is 2. The lowest BCUT2D eigenvalue weighted by molar-refractivity contribution is 0.102. The minimum Gasteiger partial charge on any atom is -0.486 e. The van der Waals surface area contributed by atoms with Crippen molar-refractivity contribution in [3.63, 3.8) is 0 Å². The summed E-state index contributed by atoms with van der Waals surface area (Å²) in [6.07, 6.45) is 0. The predicted octanol–water partition coefficient (Wildman–Crippen LogP) is 4.41. The number of rotatable bonds is 5. The Morgan fingerprint density at radius 1 is 1.13 bits per heavy atom. The number of ketones is 1. The average Bonchev–Trinajstić information content (AvgIpc) is 3.24. The molecule has 0 saturated heterocycles. The summed E-state index contributed by atoms with van der Waals surface area (Å²) in [5.41, 5.74) is 2.31. The highest BCUT2D eigenvalue weighted by atomic mass is 32.2. The maximum absolute atomic E-state index is 13.1. The van der Waals surface area contributed by atoms with Crippen LogP contribution in [0.4, 0.5) is 0 Å². The number of Topliss-reactive ketones (excluding diaryl/α,β-unsaturated/α-hetero) is 1. The first kappa shape index (κ1) is 19.8. The molecule has 0 amide bonds. The second-order valence-corrected chi connectivity index (χ2v) is 8.82. The Labute approximate surface area is 186 Å². The normalized spacial score (nSPS) is 12.8.